The summed E-state index contributed by atoms with van der Waals surface area (Å²) in [5, 5.41) is 14.8. The highest BCUT2D eigenvalue weighted by atomic mass is 16.5. The first kappa shape index (κ1) is 24.5. The number of carbonyl (C=O) groups is 3. The maximum atomic E-state index is 13.0. The number of hydrogen-bond donors (Lipinski definition) is 2. The molecule has 2 N–H and O–H groups in total. The van der Waals surface area contributed by atoms with Gasteiger partial charge in [-0.1, -0.05) is 25.8 Å². The van der Waals surface area contributed by atoms with Crippen LogP contribution in [0, 0.1) is 5.92 Å². The summed E-state index contributed by atoms with van der Waals surface area (Å²) in [5.74, 6) is -1.65. The lowest BCUT2D eigenvalue weighted by molar-refractivity contribution is -0.159. The Morgan fingerprint density at radius 3 is 2.13 bits per heavy atom. The van der Waals surface area contributed by atoms with E-state index in [1.54, 1.807) is 14.2 Å². The third kappa shape index (κ3) is 6.58. The van der Waals surface area contributed by atoms with Gasteiger partial charge in [0, 0.05) is 32.2 Å². The zero-order valence-electron chi connectivity index (χ0n) is 18.4. The van der Waals surface area contributed by atoms with E-state index in [2.05, 4.69) is 11.8 Å². The second-order valence-electron chi connectivity index (χ2n) is 7.91. The number of ether oxygens (including phenoxy) is 2. The van der Waals surface area contributed by atoms with Gasteiger partial charge in [-0.15, -0.1) is 0 Å². The minimum absolute atomic E-state index is 0.0346. The van der Waals surface area contributed by atoms with Crippen LogP contribution in [0.2, 0.25) is 0 Å². The lowest BCUT2D eigenvalue weighted by atomic mass is 9.86. The van der Waals surface area contributed by atoms with Crippen molar-refractivity contribution >= 4 is 17.8 Å². The number of aliphatic carboxylic acids is 2. The SMILES string of the molecule is COc1cccc(C(=O)N2CCN(C3CCCC(C)C3)CC2)c1OC.O=C(O)C(=O)O. The molecule has 3 rings (SSSR count). The van der Waals surface area contributed by atoms with Crippen LogP contribution in [-0.2, 0) is 9.59 Å². The summed E-state index contributed by atoms with van der Waals surface area (Å²) in [6.07, 6.45) is 5.32. The highest BCUT2D eigenvalue weighted by Gasteiger charge is 2.30. The fraction of sp³-hybridized carbons (Fsp3) is 0.591. The van der Waals surface area contributed by atoms with Crippen molar-refractivity contribution in [2.45, 2.75) is 38.6 Å². The number of nitrogens with zero attached hydrogens (tertiary/aromatic N) is 2. The lowest BCUT2D eigenvalue weighted by Crippen LogP contribution is -2.52. The molecule has 1 heterocycles. The Kier molecular flexibility index (Phi) is 9.11. The van der Waals surface area contributed by atoms with Crippen molar-refractivity contribution < 1.29 is 34.1 Å². The number of benzene rings is 1. The first-order valence-corrected chi connectivity index (χ1v) is 10.5. The number of hydrogen-bond acceptors (Lipinski definition) is 6. The van der Waals surface area contributed by atoms with Crippen LogP contribution in [0.5, 0.6) is 11.5 Å². The van der Waals surface area contributed by atoms with Gasteiger partial charge in [0.2, 0.25) is 0 Å². The van der Waals surface area contributed by atoms with E-state index in [0.29, 0.717) is 23.1 Å². The molecular formula is C22H32N2O7. The lowest BCUT2D eigenvalue weighted by Gasteiger charge is -2.42. The molecule has 1 saturated carbocycles. The monoisotopic (exact) mass is 436 g/mol. The third-order valence-corrected chi connectivity index (χ3v) is 5.84. The molecule has 2 aliphatic rings. The van der Waals surface area contributed by atoms with Gasteiger partial charge in [-0.2, -0.15) is 0 Å². The smallest absolute Gasteiger partial charge is 0.414 e. The van der Waals surface area contributed by atoms with E-state index in [9.17, 15) is 4.79 Å². The Hall–Kier alpha value is -2.81. The van der Waals surface area contributed by atoms with Gasteiger partial charge in [-0.25, -0.2) is 9.59 Å². The van der Waals surface area contributed by atoms with Crippen LogP contribution < -0.4 is 9.47 Å². The Morgan fingerprint density at radius 2 is 1.61 bits per heavy atom. The largest absolute Gasteiger partial charge is 0.493 e. The number of para-hydroxylation sites is 1. The second-order valence-corrected chi connectivity index (χ2v) is 7.91. The highest BCUT2D eigenvalue weighted by Crippen LogP contribution is 2.32. The second kappa shape index (κ2) is 11.5. The number of piperazine rings is 1. The molecule has 2 unspecified atom stereocenters. The average molecular weight is 437 g/mol. The van der Waals surface area contributed by atoms with E-state index >= 15 is 0 Å². The molecule has 0 spiro atoms. The Bertz CT molecular complexity index is 763. The normalized spacial score (nSPS) is 21.5. The van der Waals surface area contributed by atoms with Crippen LogP contribution in [0.25, 0.3) is 0 Å². The van der Waals surface area contributed by atoms with E-state index in [1.165, 1.54) is 25.7 Å². The van der Waals surface area contributed by atoms with E-state index in [1.807, 2.05) is 23.1 Å². The molecule has 2 fully saturated rings. The molecule has 1 aliphatic carbocycles. The minimum Gasteiger partial charge on any atom is -0.493 e. The first-order chi connectivity index (χ1) is 14.8. The molecule has 1 saturated heterocycles. The number of carboxylic acids is 2. The van der Waals surface area contributed by atoms with Gasteiger partial charge in [-0.05, 0) is 30.9 Å². The van der Waals surface area contributed by atoms with Crippen molar-refractivity contribution in [1.82, 2.24) is 9.80 Å². The van der Waals surface area contributed by atoms with Crippen LogP contribution in [0.1, 0.15) is 43.0 Å². The summed E-state index contributed by atoms with van der Waals surface area (Å²) in [5.41, 5.74) is 0.585. The van der Waals surface area contributed by atoms with Crippen LogP contribution in [0.3, 0.4) is 0 Å². The van der Waals surface area contributed by atoms with Gasteiger partial charge >= 0.3 is 11.9 Å². The van der Waals surface area contributed by atoms with Crippen molar-refractivity contribution in [3.8, 4) is 11.5 Å². The van der Waals surface area contributed by atoms with Gasteiger partial charge in [0.05, 0.1) is 19.8 Å². The standard InChI is InChI=1S/C20H30N2O3.C2H2O4/c1-15-6-4-7-16(14-15)21-10-12-22(13-11-21)20(23)17-8-5-9-18(24-2)19(17)25-3;3-1(4)2(5)6/h5,8-9,15-16H,4,6-7,10-14H2,1-3H3;(H,3,4)(H,5,6). The summed E-state index contributed by atoms with van der Waals surface area (Å²) in [6.45, 7) is 5.86. The molecule has 1 amide bonds. The Balaban J connectivity index is 0.000000501. The molecule has 1 aliphatic heterocycles. The zero-order chi connectivity index (χ0) is 23.0. The minimum atomic E-state index is -1.82. The molecule has 0 aromatic heterocycles. The van der Waals surface area contributed by atoms with Crippen molar-refractivity contribution in [3.05, 3.63) is 23.8 Å². The summed E-state index contributed by atoms with van der Waals surface area (Å²) in [6, 6.07) is 6.18. The van der Waals surface area contributed by atoms with Gasteiger partial charge in [-0.3, -0.25) is 9.69 Å². The molecule has 0 radical (unpaired) electrons. The highest BCUT2D eigenvalue weighted by molar-refractivity contribution is 6.27. The fourth-order valence-corrected chi connectivity index (χ4v) is 4.25. The van der Waals surface area contributed by atoms with Gasteiger partial charge in [0.1, 0.15) is 0 Å². The van der Waals surface area contributed by atoms with Crippen LogP contribution in [0.15, 0.2) is 18.2 Å². The van der Waals surface area contributed by atoms with E-state index in [4.69, 9.17) is 29.3 Å². The Morgan fingerprint density at radius 1 is 0.968 bits per heavy atom. The van der Waals surface area contributed by atoms with Crippen LogP contribution >= 0.6 is 0 Å². The molecule has 172 valence electrons. The Labute approximate surface area is 182 Å². The number of amides is 1. The summed E-state index contributed by atoms with van der Waals surface area (Å²) in [4.78, 5) is 35.7. The van der Waals surface area contributed by atoms with E-state index in [0.717, 1.165) is 32.1 Å². The van der Waals surface area contributed by atoms with E-state index < -0.39 is 11.9 Å². The summed E-state index contributed by atoms with van der Waals surface area (Å²) >= 11 is 0. The topological polar surface area (TPSA) is 117 Å². The molecule has 9 nitrogen and oxygen atoms in total. The van der Waals surface area contributed by atoms with Gasteiger partial charge < -0.3 is 24.6 Å². The van der Waals surface area contributed by atoms with Gasteiger partial charge in [0.25, 0.3) is 5.91 Å². The molecule has 1 aromatic carbocycles. The number of rotatable bonds is 4. The summed E-state index contributed by atoms with van der Waals surface area (Å²) in [7, 11) is 3.17. The molecule has 2 atom stereocenters. The van der Waals surface area contributed by atoms with Crippen LogP contribution in [0.4, 0.5) is 0 Å². The quantitative estimate of drug-likeness (QED) is 0.690. The molecule has 0 bridgehead atoms. The number of carboxylic acid groups (broad SMARTS) is 2. The van der Waals surface area contributed by atoms with Crippen molar-refractivity contribution in [3.63, 3.8) is 0 Å². The predicted molar refractivity (Wildman–Crippen MR) is 114 cm³/mol. The fourth-order valence-electron chi connectivity index (χ4n) is 4.25. The molecule has 31 heavy (non-hydrogen) atoms. The van der Waals surface area contributed by atoms with Crippen molar-refractivity contribution in [2.75, 3.05) is 40.4 Å². The first-order valence-electron chi connectivity index (χ1n) is 10.5. The van der Waals surface area contributed by atoms with Crippen molar-refractivity contribution in [2.24, 2.45) is 5.92 Å². The number of methoxy groups -OCH3 is 2. The predicted octanol–water partition coefficient (Wildman–Crippen LogP) is 2.20. The average Bonchev–Trinajstić information content (AvgIpc) is 2.78. The van der Waals surface area contributed by atoms with Gasteiger partial charge in [0.15, 0.2) is 11.5 Å². The summed E-state index contributed by atoms with van der Waals surface area (Å²) < 4.78 is 10.7. The third-order valence-electron chi connectivity index (χ3n) is 5.84. The van der Waals surface area contributed by atoms with E-state index in [-0.39, 0.29) is 5.91 Å². The zero-order valence-corrected chi connectivity index (χ0v) is 18.4. The molecule has 1 aromatic rings. The molecule has 9 heteroatoms. The van der Waals surface area contributed by atoms with Crippen LogP contribution in [-0.4, -0.2) is 84.3 Å². The maximum Gasteiger partial charge on any atom is 0.414 e. The molecular weight excluding hydrogens is 404 g/mol. The number of carbonyl (C=O) groups excluding carboxylic acids is 1. The maximum absolute atomic E-state index is 13.0. The van der Waals surface area contributed by atoms with Crippen molar-refractivity contribution in [1.29, 1.82) is 0 Å².